The first-order chi connectivity index (χ1) is 47.2. The molecule has 1 aliphatic carbocycles. The number of halogens is 1. The fourth-order valence-electron chi connectivity index (χ4n) is 13.3. The van der Waals surface area contributed by atoms with E-state index in [1.807, 2.05) is 157 Å². The minimum Gasteiger partial charge on any atom is -0.456 e. The number of hydrogen-bond donors (Lipinski definition) is 4. The topological polar surface area (TPSA) is 87.5 Å². The average Bonchev–Trinajstić information content (AvgIpc) is 1.59. The molecule has 14 aromatic carbocycles. The predicted octanol–water partition coefficient (Wildman–Crippen LogP) is 25.9. The molecular weight excluding hydrogens is 1200 g/mol. The van der Waals surface area contributed by atoms with E-state index in [-0.39, 0.29) is 11.2 Å². The Morgan fingerprint density at radius 3 is 1.39 bits per heavy atom. The van der Waals surface area contributed by atoms with Crippen molar-refractivity contribution in [2.45, 2.75) is 19.3 Å². The van der Waals surface area contributed by atoms with Gasteiger partial charge in [0.15, 0.2) is 0 Å². The zero-order valence-corrected chi connectivity index (χ0v) is 53.4. The van der Waals surface area contributed by atoms with Crippen LogP contribution in [0.5, 0.6) is 0 Å². The molecule has 4 heterocycles. The van der Waals surface area contributed by atoms with Gasteiger partial charge < -0.3 is 34.5 Å². The Kier molecular flexibility index (Phi) is 15.6. The van der Waals surface area contributed by atoms with Crippen molar-refractivity contribution in [2.75, 3.05) is 21.3 Å². The first-order valence-electron chi connectivity index (χ1n) is 32.1. The normalized spacial score (nSPS) is 12.0. The molecule has 9 heteroatoms. The lowest BCUT2D eigenvalue weighted by atomic mass is 9.82. The van der Waals surface area contributed by atoms with Gasteiger partial charge in [-0.2, -0.15) is 0 Å². The van der Waals surface area contributed by atoms with Gasteiger partial charge in [-0.05, 0) is 167 Å². The maximum Gasteiger partial charge on any atom is 0.143 e. The molecule has 1 aliphatic rings. The lowest BCUT2D eigenvalue weighted by Gasteiger charge is -2.22. The number of furan rings is 3. The summed E-state index contributed by atoms with van der Waals surface area (Å²) in [6.07, 6.45) is 0. The van der Waals surface area contributed by atoms with Crippen LogP contribution in [0.2, 0.25) is 0 Å². The maximum absolute atomic E-state index is 13.4. The van der Waals surface area contributed by atoms with Crippen LogP contribution < -0.4 is 21.3 Å². The van der Waals surface area contributed by atoms with E-state index in [2.05, 4.69) is 187 Å². The van der Waals surface area contributed by atoms with Gasteiger partial charge in [-0.15, -0.1) is 11.3 Å². The Morgan fingerprint density at radius 2 is 0.750 bits per heavy atom. The van der Waals surface area contributed by atoms with Crippen molar-refractivity contribution in [1.82, 2.24) is 0 Å². The van der Waals surface area contributed by atoms with E-state index in [1.165, 1.54) is 54.6 Å². The summed E-state index contributed by atoms with van der Waals surface area (Å²) in [6, 6.07) is 108. The minimum atomic E-state index is -0.252. The van der Waals surface area contributed by atoms with E-state index in [4.69, 9.17) is 13.3 Å². The van der Waals surface area contributed by atoms with E-state index < -0.39 is 0 Å². The second-order valence-corrected chi connectivity index (χ2v) is 25.5. The Labute approximate surface area is 558 Å². The highest BCUT2D eigenvalue weighted by atomic mass is 32.1. The summed E-state index contributed by atoms with van der Waals surface area (Å²) in [5, 5.41) is 23.3. The highest BCUT2D eigenvalue weighted by molar-refractivity contribution is 7.25. The second kappa shape index (κ2) is 25.4. The van der Waals surface area contributed by atoms with Crippen molar-refractivity contribution in [3.63, 3.8) is 0 Å². The van der Waals surface area contributed by atoms with Crippen molar-refractivity contribution in [1.29, 1.82) is 0 Å². The van der Waals surface area contributed by atoms with Gasteiger partial charge in [-0.25, -0.2) is 4.39 Å². The molecule has 0 aliphatic heterocycles. The number of rotatable bonds is 9. The van der Waals surface area contributed by atoms with Gasteiger partial charge in [-0.3, -0.25) is 0 Å². The van der Waals surface area contributed by atoms with E-state index in [9.17, 15) is 4.39 Å². The number of hydrogen-bond acceptors (Lipinski definition) is 8. The summed E-state index contributed by atoms with van der Waals surface area (Å²) < 4.78 is 34.2. The minimum absolute atomic E-state index is 0.00202. The number of thiophene rings is 1. The van der Waals surface area contributed by atoms with Gasteiger partial charge >= 0.3 is 0 Å². The summed E-state index contributed by atoms with van der Waals surface area (Å²) in [5.74, 6) is -0.252. The average molecular weight is 1260 g/mol. The third-order valence-electron chi connectivity index (χ3n) is 17.9. The van der Waals surface area contributed by atoms with Crippen LogP contribution in [0.15, 0.2) is 335 Å². The standard InChI is InChI=1S/C27H21NO.C24H16FNO.C18H13NO.C18H13NS/c1-27(2)21-10-5-3-8-18(21)19-15-14-17(16-22(19)27)28-23-11-7-13-25-26(23)20-9-4-6-12-24(20)29-25;25-17-12-10-16(11-13-17)21-14-19(26-18-6-2-1-3-7-18)15-22-20-8-4-5-9-23(20)27-24(21)22;1-2-7-13(8-3-1)19-15-10-6-12-17-18(15)14-9-4-5-11-16(14)20-17;1-2-6-13(7-3-1)19-14-10-11-18-16(12-14)15-8-4-5-9-17(15)20-18/h3-16,28H,1-2H3;1-15,26H;2*1-12,19H. The van der Waals surface area contributed by atoms with Gasteiger partial charge in [0.05, 0.1) is 22.1 Å². The van der Waals surface area contributed by atoms with Crippen molar-refractivity contribution >= 4 is 143 Å². The fourth-order valence-corrected chi connectivity index (χ4v) is 14.4. The van der Waals surface area contributed by atoms with Gasteiger partial charge in [0.25, 0.3) is 0 Å². The second-order valence-electron chi connectivity index (χ2n) is 24.4. The van der Waals surface area contributed by atoms with Crippen LogP contribution in [0.25, 0.3) is 108 Å². The monoisotopic (exact) mass is 1260 g/mol. The number of para-hydroxylation sites is 6. The molecule has 0 fully saturated rings. The molecule has 0 atom stereocenters. The lowest BCUT2D eigenvalue weighted by Crippen LogP contribution is -2.15. The quantitative estimate of drug-likeness (QED) is 0.115. The maximum atomic E-state index is 13.4. The summed E-state index contributed by atoms with van der Waals surface area (Å²) in [7, 11) is 0. The highest BCUT2D eigenvalue weighted by Gasteiger charge is 2.35. The van der Waals surface area contributed by atoms with Gasteiger partial charge in [0, 0.05) is 86.8 Å². The molecular formula is C87H63FN4O3S. The molecule has 4 N–H and O–H groups in total. The van der Waals surface area contributed by atoms with Crippen molar-refractivity contribution in [2.24, 2.45) is 0 Å². The van der Waals surface area contributed by atoms with Crippen LogP contribution in [0.3, 0.4) is 0 Å². The first kappa shape index (κ1) is 58.9. The Hall–Kier alpha value is -12.2. The molecule has 7 nitrogen and oxygen atoms in total. The van der Waals surface area contributed by atoms with E-state index in [0.717, 1.165) is 122 Å². The molecule has 0 amide bonds. The summed E-state index contributed by atoms with van der Waals surface area (Å²) in [5.41, 5.74) is 21.1. The predicted molar refractivity (Wildman–Crippen MR) is 402 cm³/mol. The number of nitrogens with one attached hydrogen (secondary N) is 4. The molecule has 0 radical (unpaired) electrons. The molecule has 19 rings (SSSR count). The smallest absolute Gasteiger partial charge is 0.143 e. The van der Waals surface area contributed by atoms with Crippen molar-refractivity contribution < 1.29 is 17.6 Å². The van der Waals surface area contributed by atoms with Crippen LogP contribution in [-0.4, -0.2) is 0 Å². The Balaban J connectivity index is 0.000000102. The van der Waals surface area contributed by atoms with E-state index in [1.54, 1.807) is 12.1 Å². The molecule has 96 heavy (non-hydrogen) atoms. The molecule has 0 spiro atoms. The van der Waals surface area contributed by atoms with Gasteiger partial charge in [-0.1, -0.05) is 196 Å². The zero-order valence-electron chi connectivity index (χ0n) is 52.6. The molecule has 0 saturated heterocycles. The Bertz CT molecular complexity index is 5840. The summed E-state index contributed by atoms with van der Waals surface area (Å²) >= 11 is 1.85. The highest BCUT2D eigenvalue weighted by Crippen LogP contribution is 2.50. The molecule has 462 valence electrons. The molecule has 0 bridgehead atoms. The van der Waals surface area contributed by atoms with E-state index in [0.29, 0.717) is 0 Å². The van der Waals surface area contributed by atoms with Crippen LogP contribution in [0, 0.1) is 5.82 Å². The number of anilines is 8. The van der Waals surface area contributed by atoms with Gasteiger partial charge in [0.1, 0.15) is 39.3 Å². The van der Waals surface area contributed by atoms with Crippen LogP contribution in [-0.2, 0) is 5.41 Å². The number of benzene rings is 14. The van der Waals surface area contributed by atoms with Crippen molar-refractivity contribution in [3.8, 4) is 22.3 Å². The van der Waals surface area contributed by atoms with Crippen LogP contribution >= 0.6 is 11.3 Å². The number of fused-ring (bicyclic) bond motifs is 15. The third-order valence-corrected chi connectivity index (χ3v) is 19.0. The zero-order chi connectivity index (χ0) is 64.5. The molecule has 18 aromatic rings. The summed E-state index contributed by atoms with van der Waals surface area (Å²) in [6.45, 7) is 4.62. The molecule has 0 saturated carbocycles. The molecule has 4 aromatic heterocycles. The van der Waals surface area contributed by atoms with E-state index >= 15 is 0 Å². The van der Waals surface area contributed by atoms with Gasteiger partial charge in [0.2, 0.25) is 0 Å². The van der Waals surface area contributed by atoms with Crippen LogP contribution in [0.4, 0.5) is 49.9 Å². The largest absolute Gasteiger partial charge is 0.456 e. The molecule has 0 unspecified atom stereocenters. The summed E-state index contributed by atoms with van der Waals surface area (Å²) in [4.78, 5) is 0. The SMILES string of the molecule is CC1(C)c2ccccc2-c2ccc(Nc3cccc4oc5ccccc5c34)cc21.Fc1ccc(-c2cc(Nc3ccccc3)cc3c2oc2ccccc23)cc1.c1ccc(Nc2ccc3sc4ccccc4c3c2)cc1.c1ccc(Nc2cccc3oc4ccccc4c23)cc1. The van der Waals surface area contributed by atoms with Crippen LogP contribution in [0.1, 0.15) is 25.0 Å². The third kappa shape index (κ3) is 11.6. The van der Waals surface area contributed by atoms with Crippen molar-refractivity contribution in [3.05, 3.63) is 338 Å². The fraction of sp³-hybridized carbons (Fsp3) is 0.0345. The first-order valence-corrected chi connectivity index (χ1v) is 32.9. The lowest BCUT2D eigenvalue weighted by molar-refractivity contribution is 0.628. The Morgan fingerprint density at radius 1 is 0.292 bits per heavy atom.